The summed E-state index contributed by atoms with van der Waals surface area (Å²) in [6.45, 7) is 6.25. The Balaban J connectivity index is 1.76. The van der Waals surface area contributed by atoms with Crippen molar-refractivity contribution < 1.29 is 18.0 Å². The van der Waals surface area contributed by atoms with Crippen LogP contribution in [0.2, 0.25) is 0 Å². The Hall–Kier alpha value is -3.04. The molecule has 2 aromatic carbocycles. The van der Waals surface area contributed by atoms with Gasteiger partial charge in [-0.2, -0.15) is 9.41 Å². The van der Waals surface area contributed by atoms with Gasteiger partial charge in [0.1, 0.15) is 5.71 Å². The fourth-order valence-corrected chi connectivity index (χ4v) is 4.76. The minimum absolute atomic E-state index is 0.167. The summed E-state index contributed by atoms with van der Waals surface area (Å²) in [6.07, 6.45) is 0.419. The molecule has 2 aromatic rings. The fraction of sp³-hybridized carbons (Fsp3) is 0.318. The third kappa shape index (κ3) is 5.00. The summed E-state index contributed by atoms with van der Waals surface area (Å²) in [5.74, 6) is -0.599. The molecule has 0 aromatic heterocycles. The van der Waals surface area contributed by atoms with E-state index in [1.165, 1.54) is 21.4 Å². The highest BCUT2D eigenvalue weighted by Gasteiger charge is 2.26. The van der Waals surface area contributed by atoms with Gasteiger partial charge in [-0.1, -0.05) is 26.0 Å². The van der Waals surface area contributed by atoms with Crippen molar-refractivity contribution in [3.05, 3.63) is 54.1 Å². The second kappa shape index (κ2) is 9.40. The number of amides is 2. The van der Waals surface area contributed by atoms with Crippen molar-refractivity contribution >= 4 is 38.9 Å². The van der Waals surface area contributed by atoms with E-state index in [0.717, 1.165) is 5.56 Å². The third-order valence-electron chi connectivity index (χ3n) is 5.00. The number of rotatable bonds is 7. The number of sulfonamides is 1. The van der Waals surface area contributed by atoms with E-state index in [1.807, 2.05) is 25.1 Å². The van der Waals surface area contributed by atoms with Gasteiger partial charge >= 0.3 is 0 Å². The topological polar surface area (TPSA) is 99.2 Å². The molecule has 0 saturated heterocycles. The molecule has 0 atom stereocenters. The van der Waals surface area contributed by atoms with Crippen molar-refractivity contribution in [2.24, 2.45) is 5.10 Å². The Kier molecular flexibility index (Phi) is 6.87. The van der Waals surface area contributed by atoms with Crippen LogP contribution < -0.4 is 10.3 Å². The van der Waals surface area contributed by atoms with Gasteiger partial charge in [0.2, 0.25) is 15.9 Å². The largest absolute Gasteiger partial charge is 0.321 e. The van der Waals surface area contributed by atoms with Gasteiger partial charge in [0, 0.05) is 31.6 Å². The van der Waals surface area contributed by atoms with Crippen LogP contribution in [0.3, 0.4) is 0 Å². The molecule has 0 unspecified atom stereocenters. The first-order valence-electron chi connectivity index (χ1n) is 10.1. The number of nitrogens with zero attached hydrogens (tertiary/aromatic N) is 3. The van der Waals surface area contributed by atoms with Gasteiger partial charge in [0.15, 0.2) is 0 Å². The standard InChI is InChI=1S/C22H26N4O4S/c1-4-25(5-2)31(29,30)19-11-9-17(10-12-19)23-22(28)20-13-14-21(27)26(24-20)18-8-6-7-16(3)15-18/h6-12,15H,4-5,13-14H2,1-3H3,(H,23,28). The zero-order chi connectivity index (χ0) is 22.6. The molecule has 31 heavy (non-hydrogen) atoms. The number of nitrogens with one attached hydrogen (secondary N) is 1. The van der Waals surface area contributed by atoms with E-state index >= 15 is 0 Å². The van der Waals surface area contributed by atoms with E-state index in [2.05, 4.69) is 10.4 Å². The highest BCUT2D eigenvalue weighted by Crippen LogP contribution is 2.22. The minimum atomic E-state index is -3.56. The zero-order valence-electron chi connectivity index (χ0n) is 17.8. The first kappa shape index (κ1) is 22.6. The summed E-state index contributed by atoms with van der Waals surface area (Å²) in [6, 6.07) is 13.4. The zero-order valence-corrected chi connectivity index (χ0v) is 18.6. The Morgan fingerprint density at radius 3 is 2.39 bits per heavy atom. The number of carbonyl (C=O) groups excluding carboxylic acids is 2. The van der Waals surface area contributed by atoms with Crippen LogP contribution >= 0.6 is 0 Å². The molecule has 2 amide bonds. The maximum atomic E-state index is 12.7. The maximum absolute atomic E-state index is 12.7. The molecule has 0 spiro atoms. The average molecular weight is 443 g/mol. The molecular formula is C22H26N4O4S. The normalized spacial score (nSPS) is 14.5. The molecular weight excluding hydrogens is 416 g/mol. The molecule has 1 heterocycles. The molecule has 0 fully saturated rings. The second-order valence-corrected chi connectivity index (χ2v) is 9.10. The Morgan fingerprint density at radius 1 is 1.10 bits per heavy atom. The van der Waals surface area contributed by atoms with Crippen molar-refractivity contribution in [3.63, 3.8) is 0 Å². The molecule has 0 radical (unpaired) electrons. The van der Waals surface area contributed by atoms with Gasteiger partial charge in [-0.25, -0.2) is 13.4 Å². The lowest BCUT2D eigenvalue weighted by molar-refractivity contribution is -0.118. The summed E-state index contributed by atoms with van der Waals surface area (Å²) in [4.78, 5) is 25.2. The number of anilines is 2. The Labute approximate surface area is 182 Å². The number of aryl methyl sites for hydroxylation is 1. The SMILES string of the molecule is CCN(CC)S(=O)(=O)c1ccc(NC(=O)C2=NN(c3cccc(C)c3)C(=O)CC2)cc1. The fourth-order valence-electron chi connectivity index (χ4n) is 3.30. The molecule has 1 aliphatic heterocycles. The predicted molar refractivity (Wildman–Crippen MR) is 121 cm³/mol. The molecule has 1 aliphatic rings. The van der Waals surface area contributed by atoms with Crippen LogP contribution in [-0.2, 0) is 19.6 Å². The third-order valence-corrected chi connectivity index (χ3v) is 7.06. The summed E-state index contributed by atoms with van der Waals surface area (Å²) >= 11 is 0. The Bertz CT molecular complexity index is 1110. The smallest absolute Gasteiger partial charge is 0.271 e. The number of hydrazone groups is 1. The summed E-state index contributed by atoms with van der Waals surface area (Å²) in [7, 11) is -3.56. The summed E-state index contributed by atoms with van der Waals surface area (Å²) < 4.78 is 26.5. The van der Waals surface area contributed by atoms with Gasteiger partial charge in [0.05, 0.1) is 10.6 Å². The van der Waals surface area contributed by atoms with Crippen molar-refractivity contribution in [1.29, 1.82) is 0 Å². The van der Waals surface area contributed by atoms with E-state index in [9.17, 15) is 18.0 Å². The molecule has 1 N–H and O–H groups in total. The highest BCUT2D eigenvalue weighted by molar-refractivity contribution is 7.89. The van der Waals surface area contributed by atoms with Crippen LogP contribution in [0.4, 0.5) is 11.4 Å². The van der Waals surface area contributed by atoms with E-state index in [0.29, 0.717) is 24.5 Å². The van der Waals surface area contributed by atoms with Crippen LogP contribution in [-0.4, -0.2) is 43.3 Å². The molecule has 8 nitrogen and oxygen atoms in total. The number of carbonyl (C=O) groups is 2. The van der Waals surface area contributed by atoms with Crippen LogP contribution in [0, 0.1) is 6.92 Å². The van der Waals surface area contributed by atoms with E-state index in [1.54, 1.807) is 32.0 Å². The number of hydrogen-bond acceptors (Lipinski definition) is 5. The second-order valence-electron chi connectivity index (χ2n) is 7.16. The van der Waals surface area contributed by atoms with Gasteiger partial charge < -0.3 is 5.32 Å². The number of benzene rings is 2. The minimum Gasteiger partial charge on any atom is -0.321 e. The molecule has 0 aliphatic carbocycles. The highest BCUT2D eigenvalue weighted by atomic mass is 32.2. The molecule has 164 valence electrons. The molecule has 0 saturated carbocycles. The van der Waals surface area contributed by atoms with Crippen molar-refractivity contribution in [3.8, 4) is 0 Å². The molecule has 3 rings (SSSR count). The summed E-state index contributed by atoms with van der Waals surface area (Å²) in [5.41, 5.74) is 2.28. The van der Waals surface area contributed by atoms with Gasteiger partial charge in [-0.15, -0.1) is 0 Å². The quantitative estimate of drug-likeness (QED) is 0.712. The molecule has 9 heteroatoms. The van der Waals surface area contributed by atoms with Crippen LogP contribution in [0.1, 0.15) is 32.3 Å². The first-order valence-corrected chi connectivity index (χ1v) is 11.6. The lowest BCUT2D eigenvalue weighted by Gasteiger charge is -2.23. The predicted octanol–water partition coefficient (Wildman–Crippen LogP) is 3.15. The lowest BCUT2D eigenvalue weighted by atomic mass is 10.1. The first-order chi connectivity index (χ1) is 14.8. The monoisotopic (exact) mass is 442 g/mol. The van der Waals surface area contributed by atoms with Crippen molar-refractivity contribution in [2.45, 2.75) is 38.5 Å². The van der Waals surface area contributed by atoms with Crippen LogP contribution in [0.5, 0.6) is 0 Å². The lowest BCUT2D eigenvalue weighted by Crippen LogP contribution is -2.36. The average Bonchev–Trinajstić information content (AvgIpc) is 2.75. The molecule has 0 bridgehead atoms. The van der Waals surface area contributed by atoms with Crippen LogP contribution in [0.15, 0.2) is 58.5 Å². The maximum Gasteiger partial charge on any atom is 0.271 e. The van der Waals surface area contributed by atoms with E-state index in [4.69, 9.17) is 0 Å². The summed E-state index contributed by atoms with van der Waals surface area (Å²) in [5, 5.41) is 8.24. The van der Waals surface area contributed by atoms with E-state index < -0.39 is 15.9 Å². The van der Waals surface area contributed by atoms with Gasteiger partial charge in [-0.05, 0) is 48.9 Å². The Morgan fingerprint density at radius 2 is 1.77 bits per heavy atom. The number of hydrogen-bond donors (Lipinski definition) is 1. The van der Waals surface area contributed by atoms with Crippen LogP contribution in [0.25, 0.3) is 0 Å². The van der Waals surface area contributed by atoms with Crippen molar-refractivity contribution in [1.82, 2.24) is 4.31 Å². The van der Waals surface area contributed by atoms with Crippen molar-refractivity contribution in [2.75, 3.05) is 23.4 Å². The van der Waals surface area contributed by atoms with Gasteiger partial charge in [0.25, 0.3) is 5.91 Å². The van der Waals surface area contributed by atoms with E-state index in [-0.39, 0.29) is 29.4 Å². The van der Waals surface area contributed by atoms with Gasteiger partial charge in [-0.3, -0.25) is 9.59 Å².